The van der Waals surface area contributed by atoms with Gasteiger partial charge in [0.15, 0.2) is 5.82 Å². The molecular formula is C22H30N4O3. The standard InChI is InChI=1S/C22H30N4O3/c1-13-7-9-16(10-8-13)17-19(26-11-14(2)28-15(3)12-26)25-18(22(4,5)6)20(24-17)29-21(23)27/h7-10,14-15H,11-12H2,1-6H3,(H2,23,27). The number of nitrogens with two attached hydrogens (primary N) is 1. The van der Waals surface area contributed by atoms with Gasteiger partial charge in [-0.2, -0.15) is 0 Å². The zero-order chi connectivity index (χ0) is 21.3. The zero-order valence-electron chi connectivity index (χ0n) is 18.0. The number of amides is 1. The van der Waals surface area contributed by atoms with E-state index < -0.39 is 6.09 Å². The molecule has 1 saturated heterocycles. The van der Waals surface area contributed by atoms with Crippen molar-refractivity contribution in [1.82, 2.24) is 9.97 Å². The topological polar surface area (TPSA) is 90.6 Å². The second-order valence-electron chi connectivity index (χ2n) is 8.75. The minimum Gasteiger partial charge on any atom is -0.389 e. The van der Waals surface area contributed by atoms with Crippen LogP contribution in [0, 0.1) is 6.92 Å². The summed E-state index contributed by atoms with van der Waals surface area (Å²) in [5, 5.41) is 0. The van der Waals surface area contributed by atoms with Gasteiger partial charge < -0.3 is 20.1 Å². The normalized spacial score (nSPS) is 19.9. The lowest BCUT2D eigenvalue weighted by atomic mass is 9.92. The maximum Gasteiger partial charge on any atom is 0.411 e. The van der Waals surface area contributed by atoms with Crippen molar-refractivity contribution in [3.63, 3.8) is 0 Å². The van der Waals surface area contributed by atoms with Crippen LogP contribution in [0.15, 0.2) is 24.3 Å². The summed E-state index contributed by atoms with van der Waals surface area (Å²) in [5.41, 5.74) is 8.23. The van der Waals surface area contributed by atoms with Crippen molar-refractivity contribution in [2.45, 2.75) is 59.2 Å². The number of nitrogens with zero attached hydrogens (tertiary/aromatic N) is 3. The molecule has 1 aliphatic heterocycles. The van der Waals surface area contributed by atoms with Crippen molar-refractivity contribution in [3.8, 4) is 17.1 Å². The molecule has 1 amide bonds. The Morgan fingerprint density at radius 1 is 1.14 bits per heavy atom. The Kier molecular flexibility index (Phi) is 5.80. The van der Waals surface area contributed by atoms with Gasteiger partial charge in [0.05, 0.1) is 12.2 Å². The van der Waals surface area contributed by atoms with Gasteiger partial charge in [-0.05, 0) is 20.8 Å². The highest BCUT2D eigenvalue weighted by Crippen LogP contribution is 2.37. The SMILES string of the molecule is Cc1ccc(-c2nc(OC(N)=O)c(C(C)(C)C)nc2N2CC(C)OC(C)C2)cc1. The van der Waals surface area contributed by atoms with Crippen LogP contribution in [-0.4, -0.2) is 41.4 Å². The summed E-state index contributed by atoms with van der Waals surface area (Å²) in [6.07, 6.45) is -0.752. The molecular weight excluding hydrogens is 368 g/mol. The smallest absolute Gasteiger partial charge is 0.389 e. The third-order valence-corrected chi connectivity index (χ3v) is 4.80. The summed E-state index contributed by atoms with van der Waals surface area (Å²) in [6.45, 7) is 13.6. The number of aromatic nitrogens is 2. The average molecular weight is 399 g/mol. The first-order chi connectivity index (χ1) is 13.5. The lowest BCUT2D eigenvalue weighted by Crippen LogP contribution is -2.46. The Labute approximate surface area is 172 Å². The van der Waals surface area contributed by atoms with Crippen molar-refractivity contribution in [1.29, 1.82) is 0 Å². The number of hydrogen-bond acceptors (Lipinski definition) is 6. The van der Waals surface area contributed by atoms with Crippen LogP contribution in [0.2, 0.25) is 0 Å². The Bertz CT molecular complexity index is 880. The van der Waals surface area contributed by atoms with E-state index in [4.69, 9.17) is 25.2 Å². The van der Waals surface area contributed by atoms with E-state index in [2.05, 4.69) is 18.7 Å². The van der Waals surface area contributed by atoms with Crippen LogP contribution in [-0.2, 0) is 10.2 Å². The number of rotatable bonds is 3. The molecule has 29 heavy (non-hydrogen) atoms. The molecule has 7 heteroatoms. The zero-order valence-corrected chi connectivity index (χ0v) is 18.0. The summed E-state index contributed by atoms with van der Waals surface area (Å²) < 4.78 is 11.2. The van der Waals surface area contributed by atoms with Crippen molar-refractivity contribution >= 4 is 11.9 Å². The third-order valence-electron chi connectivity index (χ3n) is 4.80. The Hall–Kier alpha value is -2.67. The van der Waals surface area contributed by atoms with Gasteiger partial charge in [-0.3, -0.25) is 0 Å². The second kappa shape index (κ2) is 7.99. The molecule has 0 aliphatic carbocycles. The molecule has 1 aromatic heterocycles. The molecule has 0 radical (unpaired) electrons. The van der Waals surface area contributed by atoms with Crippen LogP contribution in [0.5, 0.6) is 5.88 Å². The fraction of sp³-hybridized carbons (Fsp3) is 0.500. The molecule has 1 aliphatic rings. The molecule has 0 saturated carbocycles. The van der Waals surface area contributed by atoms with Crippen LogP contribution in [0.25, 0.3) is 11.3 Å². The predicted octanol–water partition coefficient (Wildman–Crippen LogP) is 3.82. The van der Waals surface area contributed by atoms with Crippen LogP contribution in [0.4, 0.5) is 10.6 Å². The van der Waals surface area contributed by atoms with Gasteiger partial charge in [0.25, 0.3) is 0 Å². The molecule has 7 nitrogen and oxygen atoms in total. The third kappa shape index (κ3) is 4.85. The maximum absolute atomic E-state index is 11.5. The highest BCUT2D eigenvalue weighted by atomic mass is 16.6. The largest absolute Gasteiger partial charge is 0.411 e. The minimum atomic E-state index is -0.902. The van der Waals surface area contributed by atoms with E-state index in [1.807, 2.05) is 52.0 Å². The number of carbonyl (C=O) groups excluding carboxylic acids is 1. The average Bonchev–Trinajstić information content (AvgIpc) is 2.59. The molecule has 1 fully saturated rings. The van der Waals surface area contributed by atoms with Gasteiger partial charge in [0.2, 0.25) is 5.88 Å². The number of primary amides is 1. The first-order valence-corrected chi connectivity index (χ1v) is 9.92. The molecule has 2 unspecified atom stereocenters. The quantitative estimate of drug-likeness (QED) is 0.845. The highest BCUT2D eigenvalue weighted by molar-refractivity contribution is 5.75. The van der Waals surface area contributed by atoms with Crippen LogP contribution in [0.3, 0.4) is 0 Å². The van der Waals surface area contributed by atoms with Crippen molar-refractivity contribution in [2.24, 2.45) is 5.73 Å². The van der Waals surface area contributed by atoms with E-state index >= 15 is 0 Å². The highest BCUT2D eigenvalue weighted by Gasteiger charge is 2.31. The van der Waals surface area contributed by atoms with E-state index in [9.17, 15) is 4.79 Å². The molecule has 2 atom stereocenters. The Morgan fingerprint density at radius 3 is 2.24 bits per heavy atom. The van der Waals surface area contributed by atoms with E-state index in [0.717, 1.165) is 16.9 Å². The number of aryl methyl sites for hydroxylation is 1. The molecule has 2 N–H and O–H groups in total. The van der Waals surface area contributed by atoms with Gasteiger partial charge in [-0.15, -0.1) is 0 Å². The van der Waals surface area contributed by atoms with Crippen molar-refractivity contribution in [3.05, 3.63) is 35.5 Å². The second-order valence-corrected chi connectivity index (χ2v) is 8.75. The number of carbonyl (C=O) groups is 1. The van der Waals surface area contributed by atoms with E-state index in [1.54, 1.807) is 0 Å². The van der Waals surface area contributed by atoms with Crippen molar-refractivity contribution in [2.75, 3.05) is 18.0 Å². The molecule has 2 heterocycles. The first kappa shape index (κ1) is 21.0. The molecule has 2 aromatic rings. The lowest BCUT2D eigenvalue weighted by molar-refractivity contribution is -0.00545. The molecule has 0 bridgehead atoms. The predicted molar refractivity (Wildman–Crippen MR) is 113 cm³/mol. The summed E-state index contributed by atoms with van der Waals surface area (Å²) >= 11 is 0. The van der Waals surface area contributed by atoms with E-state index in [0.29, 0.717) is 24.5 Å². The van der Waals surface area contributed by atoms with Gasteiger partial charge in [-0.1, -0.05) is 50.6 Å². The summed E-state index contributed by atoms with van der Waals surface area (Å²) in [6, 6.07) is 8.05. The fourth-order valence-electron chi connectivity index (χ4n) is 3.54. The summed E-state index contributed by atoms with van der Waals surface area (Å²) in [5.74, 6) is 0.913. The van der Waals surface area contributed by atoms with Crippen LogP contribution >= 0.6 is 0 Å². The summed E-state index contributed by atoms with van der Waals surface area (Å²) in [7, 11) is 0. The number of ether oxygens (including phenoxy) is 2. The van der Waals surface area contributed by atoms with E-state index in [-0.39, 0.29) is 23.5 Å². The molecule has 1 aromatic carbocycles. The minimum absolute atomic E-state index is 0.0750. The molecule has 0 spiro atoms. The van der Waals surface area contributed by atoms with Gasteiger partial charge in [0, 0.05) is 24.1 Å². The number of morpholine rings is 1. The number of hydrogen-bond donors (Lipinski definition) is 1. The lowest BCUT2D eigenvalue weighted by Gasteiger charge is -2.37. The van der Waals surface area contributed by atoms with Crippen LogP contribution in [0.1, 0.15) is 45.9 Å². The van der Waals surface area contributed by atoms with Crippen LogP contribution < -0.4 is 15.4 Å². The van der Waals surface area contributed by atoms with E-state index in [1.165, 1.54) is 0 Å². The number of anilines is 1. The molecule has 156 valence electrons. The first-order valence-electron chi connectivity index (χ1n) is 9.92. The Balaban J connectivity index is 2.22. The van der Waals surface area contributed by atoms with Gasteiger partial charge >= 0.3 is 6.09 Å². The van der Waals surface area contributed by atoms with Gasteiger partial charge in [0.1, 0.15) is 11.4 Å². The molecule has 3 rings (SSSR count). The van der Waals surface area contributed by atoms with Crippen molar-refractivity contribution < 1.29 is 14.3 Å². The van der Waals surface area contributed by atoms with Gasteiger partial charge in [-0.25, -0.2) is 14.8 Å². The fourth-order valence-corrected chi connectivity index (χ4v) is 3.54. The number of benzene rings is 1. The summed E-state index contributed by atoms with van der Waals surface area (Å²) in [4.78, 5) is 23.4. The Morgan fingerprint density at radius 2 is 1.72 bits per heavy atom. The monoisotopic (exact) mass is 398 g/mol. The maximum atomic E-state index is 11.5.